The van der Waals surface area contributed by atoms with Crippen LogP contribution in [0.4, 0.5) is 14.9 Å². The summed E-state index contributed by atoms with van der Waals surface area (Å²) < 4.78 is 14.4. The van der Waals surface area contributed by atoms with Crippen molar-refractivity contribution < 1.29 is 9.18 Å². The van der Waals surface area contributed by atoms with Gasteiger partial charge in [0.05, 0.1) is 11.7 Å². The average Bonchev–Trinajstić information content (AvgIpc) is 2.51. The van der Waals surface area contributed by atoms with Gasteiger partial charge in [-0.2, -0.15) is 0 Å². The second kappa shape index (κ2) is 6.08. The minimum absolute atomic E-state index is 0.0319. The molecule has 0 saturated carbocycles. The van der Waals surface area contributed by atoms with Gasteiger partial charge in [-0.05, 0) is 52.5 Å². The van der Waals surface area contributed by atoms with Gasteiger partial charge in [0, 0.05) is 11.0 Å². The van der Waals surface area contributed by atoms with E-state index in [1.54, 1.807) is 17.0 Å². The molecular formula is C17H16BrFN2O. The first-order chi connectivity index (χ1) is 10.6. The van der Waals surface area contributed by atoms with Crippen LogP contribution in [0.1, 0.15) is 24.1 Å². The fourth-order valence-corrected chi connectivity index (χ4v) is 3.29. The third-order valence-electron chi connectivity index (χ3n) is 4.05. The number of hydrogen-bond acceptors (Lipinski definition) is 1. The van der Waals surface area contributed by atoms with E-state index in [1.165, 1.54) is 11.6 Å². The molecular weight excluding hydrogens is 347 g/mol. The summed E-state index contributed by atoms with van der Waals surface area (Å²) >= 11 is 3.27. The van der Waals surface area contributed by atoms with Crippen LogP contribution >= 0.6 is 15.9 Å². The Morgan fingerprint density at radius 2 is 2.05 bits per heavy atom. The Morgan fingerprint density at radius 3 is 2.82 bits per heavy atom. The van der Waals surface area contributed by atoms with Crippen LogP contribution in [0.25, 0.3) is 0 Å². The number of anilines is 1. The molecule has 1 atom stereocenters. The Balaban J connectivity index is 1.82. The minimum atomic E-state index is -0.451. The first-order valence-corrected chi connectivity index (χ1v) is 7.96. The highest BCUT2D eigenvalue weighted by atomic mass is 79.9. The number of carbonyl (C=O) groups excluding carboxylic acids is 1. The van der Waals surface area contributed by atoms with Gasteiger partial charge in [-0.3, -0.25) is 0 Å². The lowest BCUT2D eigenvalue weighted by Gasteiger charge is -2.35. The monoisotopic (exact) mass is 362 g/mol. The Hall–Kier alpha value is -1.88. The van der Waals surface area contributed by atoms with E-state index >= 15 is 0 Å². The number of rotatable bonds is 1. The molecule has 1 aliphatic heterocycles. The van der Waals surface area contributed by atoms with Crippen LogP contribution in [0.3, 0.4) is 0 Å². The Kier molecular flexibility index (Phi) is 4.16. The maximum atomic E-state index is 13.9. The highest BCUT2D eigenvalue weighted by Crippen LogP contribution is 2.31. The number of para-hydroxylation sites is 1. The summed E-state index contributed by atoms with van der Waals surface area (Å²) in [5, 5.41) is 2.67. The summed E-state index contributed by atoms with van der Waals surface area (Å²) in [4.78, 5) is 14.3. The molecule has 2 amide bonds. The zero-order valence-corrected chi connectivity index (χ0v) is 13.7. The molecule has 0 aromatic heterocycles. The van der Waals surface area contributed by atoms with Gasteiger partial charge in [-0.25, -0.2) is 9.18 Å². The van der Waals surface area contributed by atoms with Gasteiger partial charge in [-0.15, -0.1) is 0 Å². The molecule has 3 nitrogen and oxygen atoms in total. The van der Waals surface area contributed by atoms with E-state index in [2.05, 4.69) is 27.3 Å². The lowest BCUT2D eigenvalue weighted by molar-refractivity contribution is 0.188. The van der Waals surface area contributed by atoms with Crippen LogP contribution in [-0.2, 0) is 6.42 Å². The topological polar surface area (TPSA) is 32.3 Å². The van der Waals surface area contributed by atoms with E-state index in [0.29, 0.717) is 11.0 Å². The molecule has 0 fully saturated rings. The van der Waals surface area contributed by atoms with Gasteiger partial charge < -0.3 is 10.2 Å². The first kappa shape index (κ1) is 15.0. The van der Waals surface area contributed by atoms with Gasteiger partial charge >= 0.3 is 6.03 Å². The Morgan fingerprint density at radius 1 is 1.27 bits per heavy atom. The molecule has 1 heterocycles. The predicted octanol–water partition coefficient (Wildman–Crippen LogP) is 4.74. The molecule has 0 bridgehead atoms. The van der Waals surface area contributed by atoms with Crippen molar-refractivity contribution >= 4 is 27.6 Å². The molecule has 0 saturated heterocycles. The lowest BCUT2D eigenvalue weighted by atomic mass is 9.94. The number of hydrogen-bond donors (Lipinski definition) is 1. The third-order valence-corrected chi connectivity index (χ3v) is 4.71. The predicted molar refractivity (Wildman–Crippen MR) is 88.4 cm³/mol. The molecule has 3 rings (SSSR count). The molecule has 0 aliphatic carbocycles. The smallest absolute Gasteiger partial charge is 0.317 e. The van der Waals surface area contributed by atoms with Crippen LogP contribution in [0.5, 0.6) is 0 Å². The molecule has 2 aromatic carbocycles. The standard InChI is InChI=1S/C17H16BrFN2O/c1-11-13-6-3-2-5-12(13)9-10-21(11)17(22)20-16-14(18)7-4-8-15(16)19/h2-8,11H,9-10H2,1H3,(H,20,22)/t11-/m0/s1. The fraction of sp³-hybridized carbons (Fsp3) is 0.235. The van der Waals surface area contributed by atoms with Crippen LogP contribution in [0, 0.1) is 5.82 Å². The number of carbonyl (C=O) groups is 1. The van der Waals surface area contributed by atoms with Crippen molar-refractivity contribution in [2.75, 3.05) is 11.9 Å². The quantitative estimate of drug-likeness (QED) is 0.780. The first-order valence-electron chi connectivity index (χ1n) is 7.17. The Labute approximate surface area is 137 Å². The zero-order valence-electron chi connectivity index (χ0n) is 12.1. The molecule has 1 aliphatic rings. The van der Waals surface area contributed by atoms with Gasteiger partial charge in [0.15, 0.2) is 0 Å². The van der Waals surface area contributed by atoms with E-state index in [4.69, 9.17) is 0 Å². The second-order valence-corrected chi connectivity index (χ2v) is 6.20. The summed E-state index contributed by atoms with van der Waals surface area (Å²) in [6.07, 6.45) is 0.812. The minimum Gasteiger partial charge on any atom is -0.317 e. The van der Waals surface area contributed by atoms with E-state index in [9.17, 15) is 9.18 Å². The number of fused-ring (bicyclic) bond motifs is 1. The number of halogens is 2. The molecule has 2 aromatic rings. The van der Waals surface area contributed by atoms with Gasteiger partial charge in [0.25, 0.3) is 0 Å². The zero-order chi connectivity index (χ0) is 15.7. The van der Waals surface area contributed by atoms with Crippen molar-refractivity contribution in [1.82, 2.24) is 4.90 Å². The number of nitrogens with zero attached hydrogens (tertiary/aromatic N) is 1. The van der Waals surface area contributed by atoms with E-state index < -0.39 is 5.82 Å². The van der Waals surface area contributed by atoms with Crippen LogP contribution < -0.4 is 5.32 Å². The average molecular weight is 363 g/mol. The van der Waals surface area contributed by atoms with Crippen LogP contribution in [0.2, 0.25) is 0 Å². The fourth-order valence-electron chi connectivity index (χ4n) is 2.85. The molecule has 0 spiro atoms. The van der Waals surface area contributed by atoms with Crippen molar-refractivity contribution in [1.29, 1.82) is 0 Å². The number of nitrogens with one attached hydrogen (secondary N) is 1. The normalized spacial score (nSPS) is 17.0. The maximum Gasteiger partial charge on any atom is 0.322 e. The molecule has 22 heavy (non-hydrogen) atoms. The maximum absolute atomic E-state index is 13.9. The molecule has 0 unspecified atom stereocenters. The number of amides is 2. The van der Waals surface area contributed by atoms with Crippen molar-refractivity contribution in [3.8, 4) is 0 Å². The van der Waals surface area contributed by atoms with Crippen LogP contribution in [0.15, 0.2) is 46.9 Å². The van der Waals surface area contributed by atoms with Crippen LogP contribution in [-0.4, -0.2) is 17.5 Å². The van der Waals surface area contributed by atoms with Gasteiger partial charge in [-0.1, -0.05) is 30.3 Å². The summed E-state index contributed by atoms with van der Waals surface area (Å²) in [5.41, 5.74) is 2.60. The van der Waals surface area contributed by atoms with E-state index in [1.807, 2.05) is 25.1 Å². The summed E-state index contributed by atoms with van der Waals surface area (Å²) in [7, 11) is 0. The van der Waals surface area contributed by atoms with Gasteiger partial charge in [0.2, 0.25) is 0 Å². The third kappa shape index (κ3) is 2.73. The van der Waals surface area contributed by atoms with E-state index in [-0.39, 0.29) is 17.8 Å². The lowest BCUT2D eigenvalue weighted by Crippen LogP contribution is -2.41. The molecule has 5 heteroatoms. The highest BCUT2D eigenvalue weighted by Gasteiger charge is 2.28. The van der Waals surface area contributed by atoms with E-state index in [0.717, 1.165) is 12.0 Å². The summed E-state index contributed by atoms with van der Waals surface area (Å²) in [6.45, 7) is 2.62. The summed E-state index contributed by atoms with van der Waals surface area (Å²) in [6, 6.07) is 12.4. The molecule has 1 N–H and O–H groups in total. The highest BCUT2D eigenvalue weighted by molar-refractivity contribution is 9.10. The molecule has 0 radical (unpaired) electrons. The number of urea groups is 1. The van der Waals surface area contributed by atoms with Crippen molar-refractivity contribution in [2.24, 2.45) is 0 Å². The molecule has 114 valence electrons. The largest absolute Gasteiger partial charge is 0.322 e. The second-order valence-electron chi connectivity index (χ2n) is 5.34. The van der Waals surface area contributed by atoms with Crippen molar-refractivity contribution in [3.63, 3.8) is 0 Å². The summed E-state index contributed by atoms with van der Waals surface area (Å²) in [5.74, 6) is -0.451. The van der Waals surface area contributed by atoms with Crippen molar-refractivity contribution in [2.45, 2.75) is 19.4 Å². The number of benzene rings is 2. The SMILES string of the molecule is C[C@H]1c2ccccc2CCN1C(=O)Nc1c(F)cccc1Br. The Bertz CT molecular complexity index is 699. The van der Waals surface area contributed by atoms with Gasteiger partial charge in [0.1, 0.15) is 5.82 Å². The van der Waals surface area contributed by atoms with Crippen molar-refractivity contribution in [3.05, 3.63) is 63.9 Å².